The molecule has 1 aliphatic heterocycles. The molecular formula is C15H20N6O3. The van der Waals surface area contributed by atoms with E-state index in [9.17, 15) is 9.90 Å². The third-order valence-electron chi connectivity index (χ3n) is 4.23. The number of aromatic nitrogens is 4. The Balaban J connectivity index is 1.59. The number of amides is 1. The minimum absolute atomic E-state index is 0.107. The summed E-state index contributed by atoms with van der Waals surface area (Å²) >= 11 is 0. The highest BCUT2D eigenvalue weighted by Crippen LogP contribution is 2.25. The fourth-order valence-corrected chi connectivity index (χ4v) is 2.85. The van der Waals surface area contributed by atoms with Crippen LogP contribution in [0.2, 0.25) is 0 Å². The van der Waals surface area contributed by atoms with E-state index in [4.69, 9.17) is 0 Å². The number of hydrogen-bond acceptors (Lipinski definition) is 8. The molecule has 1 saturated heterocycles. The first-order valence-electron chi connectivity index (χ1n) is 7.72. The van der Waals surface area contributed by atoms with E-state index < -0.39 is 5.60 Å². The van der Waals surface area contributed by atoms with Gasteiger partial charge in [0.05, 0.1) is 19.2 Å². The smallest absolute Gasteiger partial charge is 0.228 e. The summed E-state index contributed by atoms with van der Waals surface area (Å²) in [4.78, 5) is 24.1. The summed E-state index contributed by atoms with van der Waals surface area (Å²) < 4.78 is 4.60. The number of anilines is 1. The Labute approximate surface area is 139 Å². The summed E-state index contributed by atoms with van der Waals surface area (Å²) in [6.45, 7) is 3.06. The van der Waals surface area contributed by atoms with Crippen molar-refractivity contribution in [2.24, 2.45) is 0 Å². The predicted octanol–water partition coefficient (Wildman–Crippen LogP) is -0.190. The summed E-state index contributed by atoms with van der Waals surface area (Å²) in [5, 5.41) is 18.2. The molecular weight excluding hydrogens is 312 g/mol. The molecule has 0 unspecified atom stereocenters. The van der Waals surface area contributed by atoms with E-state index in [-0.39, 0.29) is 18.9 Å². The molecule has 0 saturated carbocycles. The monoisotopic (exact) mass is 332 g/mol. The molecule has 0 aromatic carbocycles. The Morgan fingerprint density at radius 2 is 2.29 bits per heavy atom. The molecule has 128 valence electrons. The minimum Gasteiger partial charge on any atom is -0.386 e. The maximum atomic E-state index is 12.3. The number of hydrogen-bond donors (Lipinski definition) is 1. The molecule has 0 spiro atoms. The quantitative estimate of drug-likeness (QED) is 0.802. The molecule has 9 heteroatoms. The van der Waals surface area contributed by atoms with Gasteiger partial charge >= 0.3 is 0 Å². The van der Waals surface area contributed by atoms with Crippen LogP contribution in [0.4, 0.5) is 5.82 Å². The van der Waals surface area contributed by atoms with Crippen molar-refractivity contribution in [2.75, 3.05) is 31.6 Å². The van der Waals surface area contributed by atoms with E-state index in [0.29, 0.717) is 30.9 Å². The zero-order valence-electron chi connectivity index (χ0n) is 13.7. The van der Waals surface area contributed by atoms with Gasteiger partial charge in [-0.3, -0.25) is 9.78 Å². The van der Waals surface area contributed by atoms with Gasteiger partial charge in [-0.05, 0) is 13.3 Å². The Morgan fingerprint density at radius 3 is 2.96 bits per heavy atom. The number of likely N-dealkylation sites (N-methyl/N-ethyl adjacent to an activating group) is 1. The van der Waals surface area contributed by atoms with Crippen LogP contribution in [0.25, 0.3) is 0 Å². The third-order valence-corrected chi connectivity index (χ3v) is 4.23. The largest absolute Gasteiger partial charge is 0.386 e. The van der Waals surface area contributed by atoms with Gasteiger partial charge < -0.3 is 14.9 Å². The van der Waals surface area contributed by atoms with Crippen LogP contribution in [-0.4, -0.2) is 68.5 Å². The molecule has 3 heterocycles. The van der Waals surface area contributed by atoms with Gasteiger partial charge in [0.15, 0.2) is 0 Å². The average Bonchev–Trinajstić information content (AvgIpc) is 3.15. The van der Waals surface area contributed by atoms with Crippen LogP contribution in [-0.2, 0) is 11.2 Å². The van der Waals surface area contributed by atoms with Crippen LogP contribution in [0.3, 0.4) is 0 Å². The second-order valence-corrected chi connectivity index (χ2v) is 6.18. The van der Waals surface area contributed by atoms with Gasteiger partial charge in [-0.1, -0.05) is 10.3 Å². The van der Waals surface area contributed by atoms with Gasteiger partial charge in [0, 0.05) is 32.5 Å². The highest BCUT2D eigenvalue weighted by Gasteiger charge is 2.38. The van der Waals surface area contributed by atoms with E-state index in [1.807, 2.05) is 4.90 Å². The van der Waals surface area contributed by atoms with Crippen molar-refractivity contribution in [1.29, 1.82) is 0 Å². The maximum Gasteiger partial charge on any atom is 0.228 e. The molecule has 0 radical (unpaired) electrons. The van der Waals surface area contributed by atoms with Gasteiger partial charge in [-0.2, -0.15) is 0 Å². The lowest BCUT2D eigenvalue weighted by atomic mass is 10.0. The summed E-state index contributed by atoms with van der Waals surface area (Å²) in [5.41, 5.74) is 0.149. The molecule has 9 nitrogen and oxygen atoms in total. The lowest BCUT2D eigenvalue weighted by Crippen LogP contribution is -2.46. The normalized spacial score (nSPS) is 20.4. The molecule has 3 rings (SSSR count). The fraction of sp³-hybridized carbons (Fsp3) is 0.533. The number of nitrogens with zero attached hydrogens (tertiary/aromatic N) is 6. The van der Waals surface area contributed by atoms with Crippen molar-refractivity contribution in [3.63, 3.8) is 0 Å². The molecule has 2 aromatic rings. The number of rotatable bonds is 5. The number of aryl methyl sites for hydroxylation is 1. The first kappa shape index (κ1) is 16.3. The van der Waals surface area contributed by atoms with Crippen LogP contribution in [0.1, 0.15) is 17.8 Å². The van der Waals surface area contributed by atoms with Gasteiger partial charge in [0.1, 0.15) is 22.8 Å². The molecule has 0 bridgehead atoms. The lowest BCUT2D eigenvalue weighted by molar-refractivity contribution is -0.132. The zero-order chi connectivity index (χ0) is 17.2. The van der Waals surface area contributed by atoms with Crippen molar-refractivity contribution in [3.8, 4) is 0 Å². The zero-order valence-corrected chi connectivity index (χ0v) is 13.7. The molecule has 0 aliphatic carbocycles. The van der Waals surface area contributed by atoms with Gasteiger partial charge in [-0.15, -0.1) is 0 Å². The van der Waals surface area contributed by atoms with Crippen molar-refractivity contribution in [2.45, 2.75) is 25.4 Å². The highest BCUT2D eigenvalue weighted by molar-refractivity contribution is 5.78. The van der Waals surface area contributed by atoms with Crippen LogP contribution >= 0.6 is 0 Å². The lowest BCUT2D eigenvalue weighted by Gasteiger charge is -2.29. The second kappa shape index (κ2) is 6.52. The number of β-amino-alcohol motifs (C(OH)–C–C–N with tert-alkyl or cyclic N) is 1. The maximum absolute atomic E-state index is 12.3. The highest BCUT2D eigenvalue weighted by atomic mass is 16.6. The first-order chi connectivity index (χ1) is 11.5. The van der Waals surface area contributed by atoms with E-state index in [1.54, 1.807) is 32.6 Å². The first-order valence-corrected chi connectivity index (χ1v) is 7.72. The van der Waals surface area contributed by atoms with Crippen LogP contribution in [0, 0.1) is 6.92 Å². The summed E-state index contributed by atoms with van der Waals surface area (Å²) in [5.74, 6) is 0.590. The number of carbonyl (C=O) groups excluding carboxylic acids is 1. The van der Waals surface area contributed by atoms with Crippen molar-refractivity contribution < 1.29 is 14.5 Å². The summed E-state index contributed by atoms with van der Waals surface area (Å²) in [7, 11) is 1.67. The molecule has 1 N–H and O–H groups in total. The molecule has 24 heavy (non-hydrogen) atoms. The topological polar surface area (TPSA) is 108 Å². The van der Waals surface area contributed by atoms with Crippen LogP contribution in [0.15, 0.2) is 23.2 Å². The molecule has 1 amide bonds. The van der Waals surface area contributed by atoms with Gasteiger partial charge in [0.25, 0.3) is 0 Å². The SMILES string of the molecule is Cc1nonc1CC(=O)N(C)C[C@]1(O)CCN(c2cnccn2)C1. The fourth-order valence-electron chi connectivity index (χ4n) is 2.85. The third kappa shape index (κ3) is 3.51. The molecule has 1 fully saturated rings. The van der Waals surface area contributed by atoms with Crippen molar-refractivity contribution in [3.05, 3.63) is 30.0 Å². The summed E-state index contributed by atoms with van der Waals surface area (Å²) in [6.07, 6.45) is 5.57. The van der Waals surface area contributed by atoms with E-state index in [2.05, 4.69) is 24.9 Å². The van der Waals surface area contributed by atoms with E-state index >= 15 is 0 Å². The standard InChI is InChI=1S/C15H20N6O3/c1-11-12(19-24-18-11)7-14(22)20(2)9-15(23)3-6-21(10-15)13-8-16-4-5-17-13/h4-5,8,23H,3,6-7,9-10H2,1-2H3/t15-/m1/s1. The van der Waals surface area contributed by atoms with Crippen LogP contribution in [0.5, 0.6) is 0 Å². The van der Waals surface area contributed by atoms with Crippen LogP contribution < -0.4 is 4.90 Å². The predicted molar refractivity (Wildman–Crippen MR) is 84.2 cm³/mol. The van der Waals surface area contributed by atoms with Gasteiger partial charge in [-0.25, -0.2) is 9.61 Å². The Morgan fingerprint density at radius 1 is 1.46 bits per heavy atom. The summed E-state index contributed by atoms with van der Waals surface area (Å²) in [6, 6.07) is 0. The Hall–Kier alpha value is -2.55. The molecule has 2 aromatic heterocycles. The van der Waals surface area contributed by atoms with Crippen molar-refractivity contribution in [1.82, 2.24) is 25.2 Å². The van der Waals surface area contributed by atoms with Gasteiger partial charge in [0.2, 0.25) is 5.91 Å². The van der Waals surface area contributed by atoms with E-state index in [0.717, 1.165) is 5.82 Å². The number of aliphatic hydroxyl groups is 1. The second-order valence-electron chi connectivity index (χ2n) is 6.18. The Bertz CT molecular complexity index is 706. The molecule has 1 atom stereocenters. The number of carbonyl (C=O) groups is 1. The molecule has 1 aliphatic rings. The average molecular weight is 332 g/mol. The Kier molecular flexibility index (Phi) is 4.43. The minimum atomic E-state index is -0.973. The van der Waals surface area contributed by atoms with Crippen molar-refractivity contribution >= 4 is 11.7 Å². The van der Waals surface area contributed by atoms with E-state index in [1.165, 1.54) is 4.90 Å².